The average molecular weight is 357 g/mol. The summed E-state index contributed by atoms with van der Waals surface area (Å²) in [7, 11) is 0. The van der Waals surface area contributed by atoms with E-state index in [0.29, 0.717) is 16.4 Å². The Morgan fingerprint density at radius 2 is 1.76 bits per heavy atom. The van der Waals surface area contributed by atoms with Crippen LogP contribution in [-0.2, 0) is 6.54 Å². The second kappa shape index (κ2) is 7.93. The molecule has 0 atom stereocenters. The monoisotopic (exact) mass is 357 g/mol. The van der Waals surface area contributed by atoms with Gasteiger partial charge in [0.15, 0.2) is 5.11 Å². The van der Waals surface area contributed by atoms with Crippen molar-refractivity contribution < 1.29 is 4.39 Å². The molecule has 0 aromatic heterocycles. The Morgan fingerprint density at radius 3 is 2.44 bits per heavy atom. The van der Waals surface area contributed by atoms with Crippen molar-refractivity contribution in [2.24, 2.45) is 0 Å². The number of halogens is 1. The third-order valence-electron chi connectivity index (χ3n) is 4.74. The number of nitrogens with one attached hydrogen (secondary N) is 1. The fraction of sp³-hybridized carbons (Fsp3) is 0.350. The van der Waals surface area contributed by atoms with Crippen molar-refractivity contribution in [3.63, 3.8) is 0 Å². The van der Waals surface area contributed by atoms with Crippen LogP contribution in [0.25, 0.3) is 0 Å². The summed E-state index contributed by atoms with van der Waals surface area (Å²) in [5.41, 5.74) is 4.06. The Labute approximate surface area is 154 Å². The first-order valence-electron chi connectivity index (χ1n) is 8.62. The van der Waals surface area contributed by atoms with Crippen LogP contribution < -0.4 is 5.32 Å². The summed E-state index contributed by atoms with van der Waals surface area (Å²) in [6.45, 7) is 8.59. The normalized spacial score (nSPS) is 15.2. The fourth-order valence-corrected chi connectivity index (χ4v) is 3.31. The number of thiocarbonyl (C=S) groups is 1. The third-order valence-corrected chi connectivity index (χ3v) is 5.10. The minimum Gasteiger partial charge on any atom is -0.346 e. The van der Waals surface area contributed by atoms with Crippen molar-refractivity contribution in [3.8, 4) is 0 Å². The lowest BCUT2D eigenvalue weighted by atomic mass is 10.1. The average Bonchev–Trinajstić information content (AvgIpc) is 2.61. The van der Waals surface area contributed by atoms with E-state index in [9.17, 15) is 4.39 Å². The quantitative estimate of drug-likeness (QED) is 0.838. The lowest BCUT2D eigenvalue weighted by Gasteiger charge is -2.36. The van der Waals surface area contributed by atoms with E-state index in [2.05, 4.69) is 46.3 Å². The van der Waals surface area contributed by atoms with E-state index in [0.717, 1.165) is 32.7 Å². The SMILES string of the molecule is Cc1ccc(NC(=S)N2CCN(Cc3ccccc3C)CC2)cc1F. The molecular formula is C20H24FN3S. The van der Waals surface area contributed by atoms with Gasteiger partial charge in [-0.1, -0.05) is 30.3 Å². The molecule has 3 rings (SSSR count). The van der Waals surface area contributed by atoms with E-state index < -0.39 is 0 Å². The van der Waals surface area contributed by atoms with Gasteiger partial charge >= 0.3 is 0 Å². The fourth-order valence-electron chi connectivity index (χ4n) is 3.01. The zero-order chi connectivity index (χ0) is 17.8. The van der Waals surface area contributed by atoms with Crippen molar-refractivity contribution in [2.75, 3.05) is 31.5 Å². The summed E-state index contributed by atoms with van der Waals surface area (Å²) in [6.07, 6.45) is 0. The second-order valence-electron chi connectivity index (χ2n) is 6.58. The topological polar surface area (TPSA) is 18.5 Å². The number of hydrogen-bond donors (Lipinski definition) is 1. The first kappa shape index (κ1) is 17.8. The molecule has 1 N–H and O–H groups in total. The van der Waals surface area contributed by atoms with Gasteiger partial charge in [0.05, 0.1) is 0 Å². The molecule has 1 fully saturated rings. The van der Waals surface area contributed by atoms with Crippen molar-refractivity contribution >= 4 is 23.0 Å². The highest BCUT2D eigenvalue weighted by Gasteiger charge is 2.19. The minimum atomic E-state index is -0.212. The standard InChI is InChI=1S/C20H24FN3S/c1-15-5-3-4-6-17(15)14-23-9-11-24(12-10-23)20(25)22-18-8-7-16(2)19(21)13-18/h3-8,13H,9-12,14H2,1-2H3,(H,22,25). The maximum Gasteiger partial charge on any atom is 0.173 e. The maximum absolute atomic E-state index is 13.7. The molecule has 5 heteroatoms. The number of hydrogen-bond acceptors (Lipinski definition) is 2. The number of aryl methyl sites for hydroxylation is 2. The first-order valence-corrected chi connectivity index (χ1v) is 9.03. The van der Waals surface area contributed by atoms with Gasteiger partial charge in [0, 0.05) is 38.4 Å². The van der Waals surface area contributed by atoms with E-state index >= 15 is 0 Å². The largest absolute Gasteiger partial charge is 0.346 e. The number of anilines is 1. The van der Waals surface area contributed by atoms with E-state index in [1.54, 1.807) is 13.0 Å². The smallest absolute Gasteiger partial charge is 0.173 e. The molecule has 1 aliphatic rings. The molecule has 2 aromatic carbocycles. The van der Waals surface area contributed by atoms with E-state index in [4.69, 9.17) is 12.2 Å². The Bertz CT molecular complexity index is 754. The highest BCUT2D eigenvalue weighted by atomic mass is 32.1. The molecule has 132 valence electrons. The van der Waals surface area contributed by atoms with E-state index in [1.807, 2.05) is 6.07 Å². The molecule has 0 unspecified atom stereocenters. The molecule has 1 aliphatic heterocycles. The molecule has 0 amide bonds. The Kier molecular flexibility index (Phi) is 5.66. The van der Waals surface area contributed by atoms with Gasteiger partial charge in [-0.2, -0.15) is 0 Å². The highest BCUT2D eigenvalue weighted by molar-refractivity contribution is 7.80. The van der Waals surface area contributed by atoms with E-state index in [1.165, 1.54) is 17.2 Å². The highest BCUT2D eigenvalue weighted by Crippen LogP contribution is 2.16. The molecular weight excluding hydrogens is 333 g/mol. The molecule has 0 spiro atoms. The molecule has 2 aromatic rings. The second-order valence-corrected chi connectivity index (χ2v) is 6.97. The summed E-state index contributed by atoms with van der Waals surface area (Å²) >= 11 is 5.50. The third kappa shape index (κ3) is 4.55. The molecule has 0 saturated carbocycles. The molecule has 0 bridgehead atoms. The van der Waals surface area contributed by atoms with Gasteiger partial charge in [0.1, 0.15) is 5.82 Å². The summed E-state index contributed by atoms with van der Waals surface area (Å²) in [5.74, 6) is -0.212. The number of rotatable bonds is 3. The summed E-state index contributed by atoms with van der Waals surface area (Å²) in [6, 6.07) is 13.6. The predicted octanol–water partition coefficient (Wildman–Crippen LogP) is 3.96. The summed E-state index contributed by atoms with van der Waals surface area (Å²) in [5, 5.41) is 3.82. The van der Waals surface area contributed by atoms with Crippen molar-refractivity contribution in [3.05, 3.63) is 65.0 Å². The summed E-state index contributed by atoms with van der Waals surface area (Å²) < 4.78 is 13.7. The van der Waals surface area contributed by atoms with Gasteiger partial charge in [-0.15, -0.1) is 0 Å². The first-order chi connectivity index (χ1) is 12.0. The van der Waals surface area contributed by atoms with Gasteiger partial charge in [-0.25, -0.2) is 4.39 Å². The van der Waals surface area contributed by atoms with Gasteiger partial charge in [0.2, 0.25) is 0 Å². The molecule has 3 nitrogen and oxygen atoms in total. The van der Waals surface area contributed by atoms with Crippen LogP contribution in [0.5, 0.6) is 0 Å². The lowest BCUT2D eigenvalue weighted by Crippen LogP contribution is -2.49. The molecule has 25 heavy (non-hydrogen) atoms. The Hall–Kier alpha value is -1.98. The van der Waals surface area contributed by atoms with Crippen LogP contribution in [-0.4, -0.2) is 41.1 Å². The Morgan fingerprint density at radius 1 is 1.04 bits per heavy atom. The lowest BCUT2D eigenvalue weighted by molar-refractivity contribution is 0.176. The summed E-state index contributed by atoms with van der Waals surface area (Å²) in [4.78, 5) is 4.61. The van der Waals surface area contributed by atoms with Crippen molar-refractivity contribution in [1.82, 2.24) is 9.80 Å². The molecule has 0 radical (unpaired) electrons. The zero-order valence-corrected chi connectivity index (χ0v) is 15.6. The van der Waals surface area contributed by atoms with Gasteiger partial charge in [0.25, 0.3) is 0 Å². The van der Waals surface area contributed by atoms with Crippen LogP contribution in [0.15, 0.2) is 42.5 Å². The van der Waals surface area contributed by atoms with Crippen LogP contribution in [0, 0.1) is 19.7 Å². The molecule has 1 saturated heterocycles. The van der Waals surface area contributed by atoms with Crippen LogP contribution in [0.3, 0.4) is 0 Å². The van der Waals surface area contributed by atoms with Crippen molar-refractivity contribution in [1.29, 1.82) is 0 Å². The van der Waals surface area contributed by atoms with Crippen LogP contribution >= 0.6 is 12.2 Å². The minimum absolute atomic E-state index is 0.212. The maximum atomic E-state index is 13.7. The number of piperazine rings is 1. The number of benzene rings is 2. The van der Waals surface area contributed by atoms with E-state index in [-0.39, 0.29) is 5.82 Å². The van der Waals surface area contributed by atoms with Crippen LogP contribution in [0.1, 0.15) is 16.7 Å². The van der Waals surface area contributed by atoms with Crippen LogP contribution in [0.2, 0.25) is 0 Å². The number of nitrogens with zero attached hydrogens (tertiary/aromatic N) is 2. The Balaban J connectivity index is 1.52. The molecule has 1 heterocycles. The van der Waals surface area contributed by atoms with Gasteiger partial charge < -0.3 is 10.2 Å². The van der Waals surface area contributed by atoms with Crippen molar-refractivity contribution in [2.45, 2.75) is 20.4 Å². The van der Waals surface area contributed by atoms with Gasteiger partial charge in [-0.3, -0.25) is 4.90 Å². The molecule has 0 aliphatic carbocycles. The van der Waals surface area contributed by atoms with Gasteiger partial charge in [-0.05, 0) is 54.9 Å². The van der Waals surface area contributed by atoms with Crippen LogP contribution in [0.4, 0.5) is 10.1 Å². The predicted molar refractivity (Wildman–Crippen MR) is 105 cm³/mol. The zero-order valence-electron chi connectivity index (χ0n) is 14.8.